The van der Waals surface area contributed by atoms with E-state index in [9.17, 15) is 4.79 Å². The number of ether oxygens (including phenoxy) is 1. The van der Waals surface area contributed by atoms with Crippen LogP contribution in [0.1, 0.15) is 10.4 Å². The second-order valence-electron chi connectivity index (χ2n) is 6.41. The third-order valence-corrected chi connectivity index (χ3v) is 4.52. The summed E-state index contributed by atoms with van der Waals surface area (Å²) in [5, 5.41) is 3.95. The normalized spacial score (nSPS) is 10.3. The highest BCUT2D eigenvalue weighted by molar-refractivity contribution is 6.09. The van der Waals surface area contributed by atoms with Crippen LogP contribution in [0.15, 0.2) is 85.1 Å². The monoisotopic (exact) mass is 378 g/mol. The lowest BCUT2D eigenvalue weighted by atomic mass is 9.99. The molecule has 3 aromatic carbocycles. The van der Waals surface area contributed by atoms with Gasteiger partial charge in [-0.05, 0) is 35.9 Å². The zero-order chi connectivity index (χ0) is 20.1. The summed E-state index contributed by atoms with van der Waals surface area (Å²) >= 11 is 0. The van der Waals surface area contributed by atoms with Crippen LogP contribution in [0.4, 0.5) is 5.69 Å². The molecule has 0 fully saturated rings. The summed E-state index contributed by atoms with van der Waals surface area (Å²) < 4.78 is 5.53. The number of nitrogens with one attached hydrogen (secondary N) is 1. The van der Waals surface area contributed by atoms with E-state index in [1.165, 1.54) is 0 Å². The molecule has 1 N–H and O–H groups in total. The van der Waals surface area contributed by atoms with Gasteiger partial charge in [0.15, 0.2) is 0 Å². The molecule has 0 unspecified atom stereocenters. The third-order valence-electron chi connectivity index (χ3n) is 4.52. The minimum atomic E-state index is -0.231. The number of hydrogen-bond donors (Lipinski definition) is 1. The molecule has 1 heterocycles. The van der Waals surface area contributed by atoms with Gasteiger partial charge in [0.25, 0.3) is 5.91 Å². The molecule has 4 rings (SSSR count). The second-order valence-corrected chi connectivity index (χ2v) is 6.41. The van der Waals surface area contributed by atoms with Crippen molar-refractivity contribution in [2.45, 2.75) is 0 Å². The summed E-state index contributed by atoms with van der Waals surface area (Å²) in [5.41, 5.74) is 3.73. The molecule has 0 saturated heterocycles. The van der Waals surface area contributed by atoms with Gasteiger partial charge in [-0.1, -0.05) is 54.5 Å². The minimum Gasteiger partial charge on any atom is -0.479 e. The molecule has 0 aliphatic carbocycles. The van der Waals surface area contributed by atoms with Crippen molar-refractivity contribution in [2.75, 3.05) is 11.9 Å². The van der Waals surface area contributed by atoms with Crippen molar-refractivity contribution in [3.05, 3.63) is 90.6 Å². The number of hydrogen-bond acceptors (Lipinski definition) is 3. The zero-order valence-corrected chi connectivity index (χ0v) is 15.6. The summed E-state index contributed by atoms with van der Waals surface area (Å²) in [6.07, 6.45) is 7.06. The number of carbonyl (C=O) groups is 1. The molecule has 0 aliphatic heterocycles. The number of amides is 1. The van der Waals surface area contributed by atoms with Crippen LogP contribution in [0, 0.1) is 12.3 Å². The fraction of sp³-hybridized carbons (Fsp3) is 0.0400. The molecule has 4 aromatic rings. The maximum Gasteiger partial charge on any atom is 0.256 e. The summed E-state index contributed by atoms with van der Waals surface area (Å²) in [6, 6.07) is 24.6. The summed E-state index contributed by atoms with van der Waals surface area (Å²) in [5.74, 6) is 2.73. The molecule has 1 amide bonds. The number of aromatic nitrogens is 1. The van der Waals surface area contributed by atoms with Gasteiger partial charge in [0.05, 0.1) is 11.2 Å². The molecule has 0 radical (unpaired) electrons. The molecule has 29 heavy (non-hydrogen) atoms. The summed E-state index contributed by atoms with van der Waals surface area (Å²) in [4.78, 5) is 17.6. The van der Waals surface area contributed by atoms with E-state index in [0.717, 1.165) is 22.0 Å². The number of pyridine rings is 1. The van der Waals surface area contributed by atoms with E-state index in [2.05, 4.69) is 16.2 Å². The number of anilines is 1. The summed E-state index contributed by atoms with van der Waals surface area (Å²) in [6.45, 7) is 0.131. The first-order valence-electron chi connectivity index (χ1n) is 9.17. The Balaban J connectivity index is 1.68. The number of nitrogens with zero attached hydrogens (tertiary/aromatic N) is 1. The molecule has 0 bridgehead atoms. The number of rotatable bonds is 5. The van der Waals surface area contributed by atoms with Crippen LogP contribution in [0.5, 0.6) is 5.75 Å². The van der Waals surface area contributed by atoms with E-state index >= 15 is 0 Å². The van der Waals surface area contributed by atoms with Gasteiger partial charge in [0.2, 0.25) is 0 Å². The van der Waals surface area contributed by atoms with Crippen LogP contribution in [-0.2, 0) is 0 Å². The Morgan fingerprint density at radius 1 is 1.00 bits per heavy atom. The highest BCUT2D eigenvalue weighted by Gasteiger charge is 2.15. The third kappa shape index (κ3) is 3.95. The molecule has 0 saturated carbocycles. The number of terminal acetylenes is 1. The van der Waals surface area contributed by atoms with E-state index in [1.54, 1.807) is 24.4 Å². The lowest BCUT2D eigenvalue weighted by molar-refractivity contribution is 0.102. The predicted molar refractivity (Wildman–Crippen MR) is 116 cm³/mol. The van der Waals surface area contributed by atoms with Crippen LogP contribution in [-0.4, -0.2) is 17.5 Å². The van der Waals surface area contributed by atoms with E-state index < -0.39 is 0 Å². The highest BCUT2D eigenvalue weighted by Crippen LogP contribution is 2.28. The van der Waals surface area contributed by atoms with Crippen molar-refractivity contribution in [3.8, 4) is 29.2 Å². The number of fused-ring (bicyclic) bond motifs is 1. The van der Waals surface area contributed by atoms with Gasteiger partial charge >= 0.3 is 0 Å². The van der Waals surface area contributed by atoms with Crippen LogP contribution in [0.2, 0.25) is 0 Å². The fourth-order valence-electron chi connectivity index (χ4n) is 3.16. The van der Waals surface area contributed by atoms with Crippen molar-refractivity contribution < 1.29 is 9.53 Å². The Labute approximate surface area is 169 Å². The average Bonchev–Trinajstić information content (AvgIpc) is 2.78. The van der Waals surface area contributed by atoms with Crippen LogP contribution in [0.3, 0.4) is 0 Å². The molecule has 0 atom stereocenters. The van der Waals surface area contributed by atoms with E-state index in [1.807, 2.05) is 60.7 Å². The van der Waals surface area contributed by atoms with Gasteiger partial charge in [-0.3, -0.25) is 9.78 Å². The Morgan fingerprint density at radius 2 is 1.76 bits per heavy atom. The molecule has 4 heteroatoms. The van der Waals surface area contributed by atoms with Crippen molar-refractivity contribution in [3.63, 3.8) is 0 Å². The average molecular weight is 378 g/mol. The standard InChI is InChI=1S/C25H18N2O2/c1-2-15-29-24-14-8-7-13-23(24)27-25(28)21-11-5-4-10-20(21)19-16-18-9-3-6-12-22(18)26-17-19/h1,3-14,16-17H,15H2,(H,27,28). The highest BCUT2D eigenvalue weighted by atomic mass is 16.5. The van der Waals surface area contributed by atoms with E-state index in [-0.39, 0.29) is 12.5 Å². The van der Waals surface area contributed by atoms with Gasteiger partial charge in [-0.15, -0.1) is 6.42 Å². The summed E-state index contributed by atoms with van der Waals surface area (Å²) in [7, 11) is 0. The van der Waals surface area contributed by atoms with Gasteiger partial charge in [-0.25, -0.2) is 0 Å². The Kier molecular flexibility index (Phi) is 5.22. The SMILES string of the molecule is C#CCOc1ccccc1NC(=O)c1ccccc1-c1cnc2ccccc2c1. The molecule has 1 aromatic heterocycles. The van der Waals surface area contributed by atoms with E-state index in [0.29, 0.717) is 17.0 Å². The number of benzene rings is 3. The fourth-order valence-corrected chi connectivity index (χ4v) is 3.16. The molecular weight excluding hydrogens is 360 g/mol. The van der Waals surface area contributed by atoms with Crippen molar-refractivity contribution >= 4 is 22.5 Å². The molecule has 4 nitrogen and oxygen atoms in total. The van der Waals surface area contributed by atoms with Crippen molar-refractivity contribution in [2.24, 2.45) is 0 Å². The van der Waals surface area contributed by atoms with Gasteiger partial charge in [0.1, 0.15) is 12.4 Å². The minimum absolute atomic E-state index is 0.131. The first-order chi connectivity index (χ1) is 14.3. The Morgan fingerprint density at radius 3 is 2.66 bits per heavy atom. The Bertz CT molecular complexity index is 1220. The van der Waals surface area contributed by atoms with E-state index in [4.69, 9.17) is 11.2 Å². The van der Waals surface area contributed by atoms with Gasteiger partial charge < -0.3 is 10.1 Å². The molecular formula is C25H18N2O2. The largest absolute Gasteiger partial charge is 0.479 e. The maximum atomic E-state index is 13.1. The first-order valence-corrected chi connectivity index (χ1v) is 9.17. The number of para-hydroxylation sites is 3. The lowest BCUT2D eigenvalue weighted by Crippen LogP contribution is -2.14. The zero-order valence-electron chi connectivity index (χ0n) is 15.6. The lowest BCUT2D eigenvalue weighted by Gasteiger charge is -2.13. The second kappa shape index (κ2) is 8.28. The first kappa shape index (κ1) is 18.3. The molecule has 0 spiro atoms. The topological polar surface area (TPSA) is 51.2 Å². The number of carbonyl (C=O) groups excluding carboxylic acids is 1. The quantitative estimate of drug-likeness (QED) is 0.488. The van der Waals surface area contributed by atoms with Crippen molar-refractivity contribution in [1.29, 1.82) is 0 Å². The Hall–Kier alpha value is -4.10. The van der Waals surface area contributed by atoms with Gasteiger partial charge in [0, 0.05) is 22.7 Å². The predicted octanol–water partition coefficient (Wildman–Crippen LogP) is 5.17. The van der Waals surface area contributed by atoms with Gasteiger partial charge in [-0.2, -0.15) is 0 Å². The molecule has 0 aliphatic rings. The van der Waals surface area contributed by atoms with Crippen LogP contribution in [0.25, 0.3) is 22.0 Å². The van der Waals surface area contributed by atoms with Crippen LogP contribution >= 0.6 is 0 Å². The van der Waals surface area contributed by atoms with Crippen LogP contribution < -0.4 is 10.1 Å². The maximum absolute atomic E-state index is 13.1. The molecule has 140 valence electrons. The van der Waals surface area contributed by atoms with Crippen molar-refractivity contribution in [1.82, 2.24) is 4.98 Å². The smallest absolute Gasteiger partial charge is 0.256 e.